The molecule has 0 amide bonds. The summed E-state index contributed by atoms with van der Waals surface area (Å²) in [6, 6.07) is 5.96. The van der Waals surface area contributed by atoms with E-state index in [0.29, 0.717) is 0 Å². The van der Waals surface area contributed by atoms with Gasteiger partial charge in [-0.1, -0.05) is 17.7 Å². The average Bonchev–Trinajstić information content (AvgIpc) is 2.33. The molecule has 2 rings (SSSR count). The van der Waals surface area contributed by atoms with Crippen LogP contribution in [-0.2, 0) is 7.05 Å². The zero-order chi connectivity index (χ0) is 9.59. The molecule has 0 spiro atoms. The number of aromatic nitrogens is 1. The Morgan fingerprint density at radius 3 is 2.69 bits per heavy atom. The van der Waals surface area contributed by atoms with Crippen molar-refractivity contribution in [2.45, 2.75) is 6.92 Å². The number of aryl methyl sites for hydroxylation is 2. The van der Waals surface area contributed by atoms with E-state index in [1.807, 2.05) is 19.2 Å². The van der Waals surface area contributed by atoms with Crippen molar-refractivity contribution < 1.29 is 0 Å². The van der Waals surface area contributed by atoms with Crippen molar-refractivity contribution in [3.8, 4) is 0 Å². The highest BCUT2D eigenvalue weighted by molar-refractivity contribution is 9.10. The Bertz CT molecular complexity index is 473. The summed E-state index contributed by atoms with van der Waals surface area (Å²) in [6.07, 6.45) is 0. The summed E-state index contributed by atoms with van der Waals surface area (Å²) in [5, 5.41) is 1.95. The third-order valence-corrected chi connectivity index (χ3v) is 3.77. The van der Waals surface area contributed by atoms with E-state index in [1.54, 1.807) is 0 Å². The van der Waals surface area contributed by atoms with Crippen molar-refractivity contribution in [2.75, 3.05) is 0 Å². The van der Waals surface area contributed by atoms with Gasteiger partial charge in [0.15, 0.2) is 0 Å². The summed E-state index contributed by atoms with van der Waals surface area (Å²) in [7, 11) is 2.02. The van der Waals surface area contributed by atoms with E-state index in [4.69, 9.17) is 11.6 Å². The molecule has 1 heterocycles. The summed E-state index contributed by atoms with van der Waals surface area (Å²) in [5.41, 5.74) is 2.36. The van der Waals surface area contributed by atoms with Crippen LogP contribution in [0.15, 0.2) is 22.8 Å². The topological polar surface area (TPSA) is 4.93 Å². The lowest BCUT2D eigenvalue weighted by atomic mass is 10.2. The lowest BCUT2D eigenvalue weighted by Crippen LogP contribution is -1.85. The van der Waals surface area contributed by atoms with Crippen LogP contribution in [-0.4, -0.2) is 4.57 Å². The highest BCUT2D eigenvalue weighted by Gasteiger charge is 2.10. The van der Waals surface area contributed by atoms with Gasteiger partial charge in [0.1, 0.15) is 0 Å². The average molecular weight is 259 g/mol. The second kappa shape index (κ2) is 3.03. The third-order valence-electron chi connectivity index (χ3n) is 2.33. The molecule has 13 heavy (non-hydrogen) atoms. The zero-order valence-electron chi connectivity index (χ0n) is 7.44. The summed E-state index contributed by atoms with van der Waals surface area (Å²) < 4.78 is 3.19. The first-order valence-corrected chi connectivity index (χ1v) is 5.19. The second-order valence-corrected chi connectivity index (χ2v) is 4.27. The predicted molar refractivity (Wildman–Crippen MR) is 60.4 cm³/mol. The molecule has 0 bridgehead atoms. The Morgan fingerprint density at radius 2 is 2.08 bits per heavy atom. The molecule has 68 valence electrons. The minimum Gasteiger partial charge on any atom is -0.338 e. The normalized spacial score (nSPS) is 11.1. The first-order chi connectivity index (χ1) is 6.13. The van der Waals surface area contributed by atoms with Crippen molar-refractivity contribution in [1.29, 1.82) is 0 Å². The molecule has 2 aromatic rings. The molecular formula is C10H9BrClN. The van der Waals surface area contributed by atoms with E-state index in [0.717, 1.165) is 20.5 Å². The van der Waals surface area contributed by atoms with Crippen LogP contribution in [0.3, 0.4) is 0 Å². The van der Waals surface area contributed by atoms with Gasteiger partial charge in [0, 0.05) is 12.4 Å². The molecule has 0 atom stereocenters. The molecule has 0 unspecified atom stereocenters. The van der Waals surface area contributed by atoms with Gasteiger partial charge in [0.05, 0.1) is 15.1 Å². The van der Waals surface area contributed by atoms with E-state index in [9.17, 15) is 0 Å². The molecular weight excluding hydrogens is 249 g/mol. The smallest absolute Gasteiger partial charge is 0.0884 e. The number of hydrogen-bond acceptors (Lipinski definition) is 0. The molecule has 3 heteroatoms. The van der Waals surface area contributed by atoms with E-state index >= 15 is 0 Å². The number of benzene rings is 1. The number of halogens is 2. The highest BCUT2D eigenvalue weighted by atomic mass is 79.9. The van der Waals surface area contributed by atoms with E-state index in [1.165, 1.54) is 5.56 Å². The van der Waals surface area contributed by atoms with Crippen molar-refractivity contribution in [3.63, 3.8) is 0 Å². The SMILES string of the molecule is Cc1c(Br)n(C)c2cccc(Cl)c12. The van der Waals surface area contributed by atoms with Gasteiger partial charge in [0.2, 0.25) is 0 Å². The van der Waals surface area contributed by atoms with Gasteiger partial charge >= 0.3 is 0 Å². The summed E-state index contributed by atoms with van der Waals surface area (Å²) >= 11 is 9.64. The van der Waals surface area contributed by atoms with Gasteiger partial charge in [0.25, 0.3) is 0 Å². The van der Waals surface area contributed by atoms with Gasteiger partial charge in [-0.3, -0.25) is 0 Å². The van der Waals surface area contributed by atoms with E-state index in [2.05, 4.69) is 33.5 Å². The lowest BCUT2D eigenvalue weighted by Gasteiger charge is -1.97. The van der Waals surface area contributed by atoms with Crippen molar-refractivity contribution in [2.24, 2.45) is 7.05 Å². The van der Waals surface area contributed by atoms with Gasteiger partial charge in [-0.25, -0.2) is 0 Å². The van der Waals surface area contributed by atoms with Crippen molar-refractivity contribution in [1.82, 2.24) is 4.57 Å². The van der Waals surface area contributed by atoms with Crippen LogP contribution in [0.4, 0.5) is 0 Å². The first-order valence-electron chi connectivity index (χ1n) is 4.02. The number of fused-ring (bicyclic) bond motifs is 1. The van der Waals surface area contributed by atoms with E-state index < -0.39 is 0 Å². The molecule has 0 fully saturated rings. The zero-order valence-corrected chi connectivity index (χ0v) is 9.78. The largest absolute Gasteiger partial charge is 0.338 e. The Morgan fingerprint density at radius 1 is 1.38 bits per heavy atom. The molecule has 0 radical (unpaired) electrons. The molecule has 1 aromatic carbocycles. The second-order valence-electron chi connectivity index (χ2n) is 3.11. The fourth-order valence-electron chi connectivity index (χ4n) is 1.62. The van der Waals surface area contributed by atoms with E-state index in [-0.39, 0.29) is 0 Å². The van der Waals surface area contributed by atoms with Gasteiger partial charge < -0.3 is 4.57 Å². The quantitative estimate of drug-likeness (QED) is 0.675. The maximum absolute atomic E-state index is 6.11. The van der Waals surface area contributed by atoms with Crippen molar-refractivity contribution >= 4 is 38.4 Å². The minimum absolute atomic E-state index is 0.816. The highest BCUT2D eigenvalue weighted by Crippen LogP contribution is 2.33. The predicted octanol–water partition coefficient (Wildman–Crippen LogP) is 3.90. The van der Waals surface area contributed by atoms with Crippen molar-refractivity contribution in [3.05, 3.63) is 33.4 Å². The first kappa shape index (κ1) is 9.10. The van der Waals surface area contributed by atoms with Gasteiger partial charge in [-0.05, 0) is 40.5 Å². The number of nitrogens with zero attached hydrogens (tertiary/aromatic N) is 1. The minimum atomic E-state index is 0.816. The molecule has 0 saturated heterocycles. The fraction of sp³-hybridized carbons (Fsp3) is 0.200. The molecule has 0 aliphatic heterocycles. The third kappa shape index (κ3) is 1.20. The molecule has 1 nitrogen and oxygen atoms in total. The molecule has 1 aromatic heterocycles. The van der Waals surface area contributed by atoms with Crippen LogP contribution in [0.2, 0.25) is 5.02 Å². The Hall–Kier alpha value is -0.470. The number of hydrogen-bond donors (Lipinski definition) is 0. The molecule has 0 aliphatic rings. The summed E-state index contributed by atoms with van der Waals surface area (Å²) in [5.74, 6) is 0. The molecule has 0 N–H and O–H groups in total. The monoisotopic (exact) mass is 257 g/mol. The van der Waals surface area contributed by atoms with Gasteiger partial charge in [-0.15, -0.1) is 0 Å². The van der Waals surface area contributed by atoms with Crippen LogP contribution in [0.1, 0.15) is 5.56 Å². The summed E-state index contributed by atoms with van der Waals surface area (Å²) in [4.78, 5) is 0. The van der Waals surface area contributed by atoms with Crippen LogP contribution in [0, 0.1) is 6.92 Å². The summed E-state index contributed by atoms with van der Waals surface area (Å²) in [6.45, 7) is 2.07. The molecule has 0 aliphatic carbocycles. The van der Waals surface area contributed by atoms with Crippen LogP contribution in [0.5, 0.6) is 0 Å². The van der Waals surface area contributed by atoms with Crippen LogP contribution in [0.25, 0.3) is 10.9 Å². The fourth-order valence-corrected chi connectivity index (χ4v) is 2.32. The maximum Gasteiger partial charge on any atom is 0.0884 e. The Labute approximate surface area is 90.4 Å². The lowest BCUT2D eigenvalue weighted by molar-refractivity contribution is 0.934. The standard InChI is InChI=1S/C10H9BrClN/c1-6-9-7(12)4-3-5-8(9)13(2)10(6)11/h3-5H,1-2H3. The van der Waals surface area contributed by atoms with Crippen LogP contribution >= 0.6 is 27.5 Å². The Balaban J connectivity index is 3.03. The number of rotatable bonds is 0. The van der Waals surface area contributed by atoms with Gasteiger partial charge in [-0.2, -0.15) is 0 Å². The van der Waals surface area contributed by atoms with Crippen LogP contribution < -0.4 is 0 Å². The molecule has 0 saturated carbocycles. The maximum atomic E-state index is 6.11. The Kier molecular flexibility index (Phi) is 2.12.